The second kappa shape index (κ2) is 16.7. The smallest absolute Gasteiger partial charge is 0.407 e. The van der Waals surface area contributed by atoms with Crippen LogP contribution in [0.15, 0.2) is 60.7 Å². The molecule has 0 aromatic heterocycles. The molecule has 4 atom stereocenters. The minimum Gasteiger partial charge on any atom is -0.444 e. The first-order valence-electron chi connectivity index (χ1n) is 14.2. The Hall–Kier alpha value is -3.43. The van der Waals surface area contributed by atoms with Crippen molar-refractivity contribution in [1.82, 2.24) is 16.0 Å². The number of alkyl carbamates (subject to hydrolysis) is 1. The topological polar surface area (TPSA) is 126 Å². The van der Waals surface area contributed by atoms with Crippen LogP contribution in [0.4, 0.5) is 4.79 Å². The largest absolute Gasteiger partial charge is 0.444 e. The highest BCUT2D eigenvalue weighted by Crippen LogP contribution is 2.20. The van der Waals surface area contributed by atoms with E-state index in [0.717, 1.165) is 11.1 Å². The molecule has 0 saturated heterocycles. The summed E-state index contributed by atoms with van der Waals surface area (Å²) in [7, 11) is 1.55. The van der Waals surface area contributed by atoms with Crippen LogP contribution in [-0.4, -0.2) is 67.1 Å². The molecule has 0 fully saturated rings. The molecule has 41 heavy (non-hydrogen) atoms. The number of carbonyl (C=O) groups excluding carboxylic acids is 3. The monoisotopic (exact) mass is 569 g/mol. The molecule has 2 aromatic rings. The molecule has 0 bridgehead atoms. The van der Waals surface area contributed by atoms with Gasteiger partial charge in [0.1, 0.15) is 11.6 Å². The van der Waals surface area contributed by atoms with Crippen LogP contribution >= 0.6 is 0 Å². The lowest BCUT2D eigenvalue weighted by Gasteiger charge is -2.30. The first-order valence-corrected chi connectivity index (χ1v) is 14.2. The Morgan fingerprint density at radius 2 is 1.41 bits per heavy atom. The van der Waals surface area contributed by atoms with E-state index in [1.165, 1.54) is 0 Å². The first-order chi connectivity index (χ1) is 19.4. The summed E-state index contributed by atoms with van der Waals surface area (Å²) in [6, 6.07) is 17.6. The van der Waals surface area contributed by atoms with Gasteiger partial charge < -0.3 is 30.5 Å². The van der Waals surface area contributed by atoms with Crippen molar-refractivity contribution in [2.24, 2.45) is 11.8 Å². The Kier molecular flexibility index (Phi) is 13.8. The second-order valence-electron chi connectivity index (χ2n) is 11.6. The molecule has 2 rings (SSSR count). The van der Waals surface area contributed by atoms with Crippen LogP contribution in [0, 0.1) is 11.8 Å². The van der Waals surface area contributed by atoms with Gasteiger partial charge >= 0.3 is 6.09 Å². The van der Waals surface area contributed by atoms with Gasteiger partial charge in [0, 0.05) is 19.6 Å². The third kappa shape index (κ3) is 12.7. The molecule has 0 aliphatic heterocycles. The zero-order valence-corrected chi connectivity index (χ0v) is 25.2. The fourth-order valence-corrected chi connectivity index (χ4v) is 4.44. The van der Waals surface area contributed by atoms with Gasteiger partial charge in [-0.2, -0.15) is 0 Å². The third-order valence-electron chi connectivity index (χ3n) is 6.54. The summed E-state index contributed by atoms with van der Waals surface area (Å²) in [5, 5.41) is 20.0. The van der Waals surface area contributed by atoms with Crippen molar-refractivity contribution in [2.45, 2.75) is 77.7 Å². The van der Waals surface area contributed by atoms with E-state index in [9.17, 15) is 19.5 Å². The SMILES string of the molecule is COCCNC(=O)[C@@H](NC(=O)[C@@H](Cc1ccccc1)C[C@H](O)[C@H](Cc1ccccc1)NC(=O)OC(C)(C)C)C(C)C. The van der Waals surface area contributed by atoms with Crippen molar-refractivity contribution in [3.8, 4) is 0 Å². The van der Waals surface area contributed by atoms with Gasteiger partial charge in [0.2, 0.25) is 11.8 Å². The van der Waals surface area contributed by atoms with Crippen LogP contribution in [0.1, 0.15) is 52.2 Å². The number of ether oxygens (including phenoxy) is 2. The lowest BCUT2D eigenvalue weighted by atomic mass is 9.88. The molecule has 2 aromatic carbocycles. The molecule has 9 heteroatoms. The maximum absolute atomic E-state index is 13.7. The number of aliphatic hydroxyl groups is 1. The molecule has 0 aliphatic rings. The molecule has 0 radical (unpaired) electrons. The number of methoxy groups -OCH3 is 1. The maximum Gasteiger partial charge on any atom is 0.407 e. The third-order valence-corrected chi connectivity index (χ3v) is 6.54. The lowest BCUT2D eigenvalue weighted by Crippen LogP contribution is -2.53. The minimum atomic E-state index is -1.07. The van der Waals surface area contributed by atoms with E-state index < -0.39 is 35.8 Å². The van der Waals surface area contributed by atoms with Gasteiger partial charge in [-0.15, -0.1) is 0 Å². The summed E-state index contributed by atoms with van der Waals surface area (Å²) < 4.78 is 10.5. The van der Waals surface area contributed by atoms with Crippen molar-refractivity contribution >= 4 is 17.9 Å². The average molecular weight is 570 g/mol. The zero-order valence-electron chi connectivity index (χ0n) is 25.2. The normalized spacial score (nSPS) is 14.4. The van der Waals surface area contributed by atoms with Gasteiger partial charge in [-0.05, 0) is 57.1 Å². The fraction of sp³-hybridized carbons (Fsp3) is 0.531. The Balaban J connectivity index is 2.28. The molecule has 0 saturated carbocycles. The summed E-state index contributed by atoms with van der Waals surface area (Å²) in [4.78, 5) is 39.2. The molecule has 226 valence electrons. The van der Waals surface area contributed by atoms with Crippen LogP contribution in [0.2, 0.25) is 0 Å². The summed E-state index contributed by atoms with van der Waals surface area (Å²) in [5.41, 5.74) is 1.13. The average Bonchev–Trinajstić information content (AvgIpc) is 2.90. The Bertz CT molecular complexity index is 1070. The highest BCUT2D eigenvalue weighted by molar-refractivity contribution is 5.88. The summed E-state index contributed by atoms with van der Waals surface area (Å²) in [6.45, 7) is 9.73. The number of hydrogen-bond donors (Lipinski definition) is 4. The van der Waals surface area contributed by atoms with E-state index in [4.69, 9.17) is 9.47 Å². The minimum absolute atomic E-state index is 0.0597. The van der Waals surface area contributed by atoms with E-state index in [0.29, 0.717) is 26.0 Å². The predicted molar refractivity (Wildman–Crippen MR) is 159 cm³/mol. The number of benzene rings is 2. The van der Waals surface area contributed by atoms with Crippen molar-refractivity contribution in [1.29, 1.82) is 0 Å². The highest BCUT2D eigenvalue weighted by atomic mass is 16.6. The van der Waals surface area contributed by atoms with Crippen LogP contribution in [0.3, 0.4) is 0 Å². The number of hydrogen-bond acceptors (Lipinski definition) is 6. The summed E-state index contributed by atoms with van der Waals surface area (Å²) in [6.07, 6.45) is -0.962. The molecular formula is C32H47N3O6. The standard InChI is InChI=1S/C32H47N3O6/c1-22(2)28(30(38)33-17-18-40-6)35-29(37)25(19-23-13-9-7-10-14-23)21-27(36)26(20-24-15-11-8-12-16-24)34-31(39)41-32(3,4)5/h7-16,22,25-28,36H,17-21H2,1-6H3,(H,33,38)(H,34,39)(H,35,37)/t25-,26-,27-,28-/m0/s1. The molecule has 0 spiro atoms. The molecule has 0 aliphatic carbocycles. The summed E-state index contributed by atoms with van der Waals surface area (Å²) >= 11 is 0. The van der Waals surface area contributed by atoms with Gasteiger partial charge in [0.25, 0.3) is 0 Å². The van der Waals surface area contributed by atoms with E-state index in [1.807, 2.05) is 74.5 Å². The van der Waals surface area contributed by atoms with E-state index in [2.05, 4.69) is 16.0 Å². The van der Waals surface area contributed by atoms with Gasteiger partial charge in [-0.3, -0.25) is 9.59 Å². The Morgan fingerprint density at radius 1 is 0.854 bits per heavy atom. The molecule has 0 unspecified atom stereocenters. The van der Waals surface area contributed by atoms with Crippen molar-refractivity contribution in [2.75, 3.05) is 20.3 Å². The van der Waals surface area contributed by atoms with Crippen molar-refractivity contribution in [3.63, 3.8) is 0 Å². The molecule has 9 nitrogen and oxygen atoms in total. The molecule has 3 amide bonds. The molecule has 4 N–H and O–H groups in total. The van der Waals surface area contributed by atoms with Crippen molar-refractivity contribution in [3.05, 3.63) is 71.8 Å². The number of rotatable bonds is 15. The zero-order chi connectivity index (χ0) is 30.4. The van der Waals surface area contributed by atoms with Crippen LogP contribution in [0.5, 0.6) is 0 Å². The summed E-state index contributed by atoms with van der Waals surface area (Å²) in [5.74, 6) is -1.47. The molecule has 0 heterocycles. The van der Waals surface area contributed by atoms with Crippen LogP contribution in [0.25, 0.3) is 0 Å². The predicted octanol–water partition coefficient (Wildman–Crippen LogP) is 3.64. The van der Waals surface area contributed by atoms with Gasteiger partial charge in [-0.25, -0.2) is 4.79 Å². The number of aliphatic hydroxyl groups excluding tert-OH is 1. The van der Waals surface area contributed by atoms with E-state index in [-0.39, 0.29) is 24.2 Å². The van der Waals surface area contributed by atoms with Crippen molar-refractivity contribution < 1.29 is 29.0 Å². The Morgan fingerprint density at radius 3 is 1.93 bits per heavy atom. The second-order valence-corrected chi connectivity index (χ2v) is 11.6. The fourth-order valence-electron chi connectivity index (χ4n) is 4.44. The number of amides is 3. The maximum atomic E-state index is 13.7. The van der Waals surface area contributed by atoms with Crippen LogP contribution < -0.4 is 16.0 Å². The highest BCUT2D eigenvalue weighted by Gasteiger charge is 2.32. The van der Waals surface area contributed by atoms with E-state index >= 15 is 0 Å². The lowest BCUT2D eigenvalue weighted by molar-refractivity contribution is -0.132. The van der Waals surface area contributed by atoms with Crippen LogP contribution in [-0.2, 0) is 31.9 Å². The van der Waals surface area contributed by atoms with Gasteiger partial charge in [-0.1, -0.05) is 74.5 Å². The van der Waals surface area contributed by atoms with E-state index in [1.54, 1.807) is 27.9 Å². The quantitative estimate of drug-likeness (QED) is 0.243. The van der Waals surface area contributed by atoms with Gasteiger partial charge in [0.15, 0.2) is 0 Å². The number of nitrogens with one attached hydrogen (secondary N) is 3. The molecular weight excluding hydrogens is 522 g/mol. The van der Waals surface area contributed by atoms with Gasteiger partial charge in [0.05, 0.1) is 18.8 Å². The Labute approximate surface area is 244 Å². The first kappa shape index (κ1) is 33.8. The number of carbonyl (C=O) groups is 3.